The normalized spacial score (nSPS) is 13.9. The summed E-state index contributed by atoms with van der Waals surface area (Å²) in [5.74, 6) is -0.530. The fraction of sp³-hybridized carbons (Fsp3) is 0.615. The lowest BCUT2D eigenvalue weighted by Crippen LogP contribution is -2.47. The predicted molar refractivity (Wildman–Crippen MR) is 79.2 cm³/mol. The van der Waals surface area contributed by atoms with Crippen molar-refractivity contribution >= 4 is 23.2 Å². The highest BCUT2D eigenvalue weighted by Gasteiger charge is 2.18. The zero-order valence-corrected chi connectivity index (χ0v) is 13.1. The van der Waals surface area contributed by atoms with Crippen molar-refractivity contribution < 1.29 is 9.59 Å². The van der Waals surface area contributed by atoms with Gasteiger partial charge in [0, 0.05) is 11.1 Å². The first-order valence-corrected chi connectivity index (χ1v) is 7.38. The quantitative estimate of drug-likeness (QED) is 0.721. The molecule has 7 heteroatoms. The molecule has 0 fully saturated rings. The summed E-state index contributed by atoms with van der Waals surface area (Å²) in [5.41, 5.74) is 5.69. The van der Waals surface area contributed by atoms with Crippen LogP contribution in [-0.4, -0.2) is 29.4 Å². The van der Waals surface area contributed by atoms with E-state index < -0.39 is 6.04 Å². The molecule has 6 nitrogen and oxygen atoms in total. The summed E-state index contributed by atoms with van der Waals surface area (Å²) in [7, 11) is 0. The summed E-state index contributed by atoms with van der Waals surface area (Å²) in [5, 5.41) is 6.17. The van der Waals surface area contributed by atoms with Crippen LogP contribution >= 0.6 is 11.3 Å². The van der Waals surface area contributed by atoms with Crippen molar-refractivity contribution in [1.82, 2.24) is 15.6 Å². The molecule has 0 saturated heterocycles. The average Bonchev–Trinajstić information content (AvgIpc) is 2.81. The van der Waals surface area contributed by atoms with Crippen LogP contribution in [0.4, 0.5) is 0 Å². The highest BCUT2D eigenvalue weighted by atomic mass is 32.1. The molecule has 1 aromatic heterocycles. The molecule has 1 heterocycles. The Morgan fingerprint density at radius 3 is 2.55 bits per heavy atom. The van der Waals surface area contributed by atoms with Crippen LogP contribution < -0.4 is 16.4 Å². The van der Waals surface area contributed by atoms with Crippen LogP contribution in [0.15, 0.2) is 6.20 Å². The Labute approximate surface area is 123 Å². The fourth-order valence-electron chi connectivity index (χ4n) is 1.51. The topological polar surface area (TPSA) is 97.1 Å². The van der Waals surface area contributed by atoms with Crippen LogP contribution in [0.2, 0.25) is 0 Å². The summed E-state index contributed by atoms with van der Waals surface area (Å²) in [6.07, 6.45) is 1.77. The minimum atomic E-state index is -0.596. The van der Waals surface area contributed by atoms with E-state index in [1.165, 1.54) is 11.3 Å². The van der Waals surface area contributed by atoms with Gasteiger partial charge >= 0.3 is 0 Å². The van der Waals surface area contributed by atoms with Gasteiger partial charge in [0.25, 0.3) is 0 Å². The van der Waals surface area contributed by atoms with Crippen molar-refractivity contribution in [2.45, 2.75) is 39.8 Å². The van der Waals surface area contributed by atoms with Gasteiger partial charge in [-0.3, -0.25) is 9.59 Å². The van der Waals surface area contributed by atoms with Gasteiger partial charge in [0.05, 0.1) is 18.6 Å². The van der Waals surface area contributed by atoms with Gasteiger partial charge in [-0.2, -0.15) is 0 Å². The molecule has 4 N–H and O–H groups in total. The van der Waals surface area contributed by atoms with E-state index in [1.54, 1.807) is 6.20 Å². The molecular weight excluding hydrogens is 276 g/mol. The van der Waals surface area contributed by atoms with Gasteiger partial charge in [0.15, 0.2) is 0 Å². The zero-order valence-electron chi connectivity index (χ0n) is 12.3. The number of rotatable bonds is 6. The van der Waals surface area contributed by atoms with E-state index in [4.69, 9.17) is 5.73 Å². The third-order valence-electron chi connectivity index (χ3n) is 2.83. The maximum atomic E-state index is 11.7. The van der Waals surface area contributed by atoms with Crippen molar-refractivity contribution in [3.05, 3.63) is 16.1 Å². The second-order valence-electron chi connectivity index (χ2n) is 5.09. The van der Waals surface area contributed by atoms with Crippen molar-refractivity contribution in [2.75, 3.05) is 6.54 Å². The SMILES string of the molecule is Cc1cnc(C(C)NC(=O)CNC(=O)[C@@H](N)C(C)C)s1. The van der Waals surface area contributed by atoms with E-state index in [1.807, 2.05) is 27.7 Å². The molecule has 1 unspecified atom stereocenters. The van der Waals surface area contributed by atoms with Crippen LogP contribution in [0.1, 0.15) is 36.7 Å². The molecule has 0 radical (unpaired) electrons. The van der Waals surface area contributed by atoms with E-state index in [2.05, 4.69) is 15.6 Å². The van der Waals surface area contributed by atoms with Gasteiger partial charge in [-0.25, -0.2) is 4.98 Å². The fourth-order valence-corrected chi connectivity index (χ4v) is 2.29. The Bertz CT molecular complexity index is 473. The van der Waals surface area contributed by atoms with Gasteiger partial charge in [-0.05, 0) is 19.8 Å². The van der Waals surface area contributed by atoms with Crippen LogP contribution in [0.3, 0.4) is 0 Å². The average molecular weight is 298 g/mol. The van der Waals surface area contributed by atoms with E-state index in [9.17, 15) is 9.59 Å². The number of amides is 2. The molecule has 0 aliphatic carbocycles. The van der Waals surface area contributed by atoms with E-state index >= 15 is 0 Å². The number of carbonyl (C=O) groups excluding carboxylic acids is 2. The Balaban J connectivity index is 2.39. The predicted octanol–water partition coefficient (Wildman–Crippen LogP) is 0.728. The number of hydrogen-bond acceptors (Lipinski definition) is 5. The summed E-state index contributed by atoms with van der Waals surface area (Å²) < 4.78 is 0. The number of aromatic nitrogens is 1. The van der Waals surface area contributed by atoms with Gasteiger partial charge < -0.3 is 16.4 Å². The largest absolute Gasteiger partial charge is 0.346 e. The van der Waals surface area contributed by atoms with E-state index in [0.29, 0.717) is 0 Å². The number of aryl methyl sites for hydroxylation is 1. The monoisotopic (exact) mass is 298 g/mol. The van der Waals surface area contributed by atoms with Gasteiger partial charge in [0.1, 0.15) is 5.01 Å². The lowest BCUT2D eigenvalue weighted by atomic mass is 10.1. The molecule has 0 aromatic carbocycles. The first-order chi connectivity index (χ1) is 9.31. The molecule has 0 spiro atoms. The number of thiazole rings is 1. The number of nitrogens with zero attached hydrogens (tertiary/aromatic N) is 1. The smallest absolute Gasteiger partial charge is 0.239 e. The third kappa shape index (κ3) is 4.90. The molecule has 112 valence electrons. The van der Waals surface area contributed by atoms with E-state index in [0.717, 1.165) is 9.88 Å². The molecule has 0 saturated carbocycles. The third-order valence-corrected chi connectivity index (χ3v) is 3.93. The first-order valence-electron chi connectivity index (χ1n) is 6.56. The van der Waals surface area contributed by atoms with Crippen molar-refractivity contribution in [3.8, 4) is 0 Å². The Kier molecular flexibility index (Phi) is 6.09. The van der Waals surface area contributed by atoms with Crippen molar-refractivity contribution in [2.24, 2.45) is 11.7 Å². The van der Waals surface area contributed by atoms with Gasteiger partial charge in [0.2, 0.25) is 11.8 Å². The summed E-state index contributed by atoms with van der Waals surface area (Å²) >= 11 is 1.54. The summed E-state index contributed by atoms with van der Waals surface area (Å²) in [6, 6.07) is -0.765. The summed E-state index contributed by atoms with van der Waals surface area (Å²) in [4.78, 5) is 28.7. The van der Waals surface area contributed by atoms with Gasteiger partial charge in [-0.15, -0.1) is 11.3 Å². The molecule has 1 aromatic rings. The molecule has 0 bridgehead atoms. The van der Waals surface area contributed by atoms with Crippen LogP contribution in [-0.2, 0) is 9.59 Å². The standard InChI is InChI=1S/C13H22N4O2S/c1-7(2)11(14)12(19)15-6-10(18)17-9(4)13-16-5-8(3)20-13/h5,7,9,11H,6,14H2,1-4H3,(H,15,19)(H,17,18)/t9?,11-/m0/s1. The minimum Gasteiger partial charge on any atom is -0.346 e. The van der Waals surface area contributed by atoms with Crippen molar-refractivity contribution in [3.63, 3.8) is 0 Å². The Morgan fingerprint density at radius 2 is 2.05 bits per heavy atom. The Hall–Kier alpha value is -1.47. The second-order valence-corrected chi connectivity index (χ2v) is 6.35. The molecule has 0 aliphatic rings. The van der Waals surface area contributed by atoms with Crippen molar-refractivity contribution in [1.29, 1.82) is 0 Å². The van der Waals surface area contributed by atoms with Gasteiger partial charge in [-0.1, -0.05) is 13.8 Å². The lowest BCUT2D eigenvalue weighted by molar-refractivity contribution is -0.127. The number of hydrogen-bond donors (Lipinski definition) is 3. The molecule has 2 amide bonds. The maximum Gasteiger partial charge on any atom is 0.239 e. The second kappa shape index (κ2) is 7.35. The van der Waals surface area contributed by atoms with Crippen LogP contribution in [0, 0.1) is 12.8 Å². The van der Waals surface area contributed by atoms with Crippen LogP contribution in [0.5, 0.6) is 0 Å². The zero-order chi connectivity index (χ0) is 15.3. The summed E-state index contributed by atoms with van der Waals surface area (Å²) in [6.45, 7) is 7.46. The number of nitrogens with one attached hydrogen (secondary N) is 2. The number of carbonyl (C=O) groups is 2. The highest BCUT2D eigenvalue weighted by Crippen LogP contribution is 2.18. The molecule has 0 aliphatic heterocycles. The first kappa shape index (κ1) is 16.6. The Morgan fingerprint density at radius 1 is 1.40 bits per heavy atom. The molecule has 1 rings (SSSR count). The molecule has 20 heavy (non-hydrogen) atoms. The molecular formula is C13H22N4O2S. The number of nitrogens with two attached hydrogens (primary N) is 1. The minimum absolute atomic E-state index is 0.0373. The maximum absolute atomic E-state index is 11.7. The lowest BCUT2D eigenvalue weighted by Gasteiger charge is -2.16. The van der Waals surface area contributed by atoms with Crippen LogP contribution in [0.25, 0.3) is 0 Å². The molecule has 2 atom stereocenters. The van der Waals surface area contributed by atoms with E-state index in [-0.39, 0.29) is 30.3 Å². The highest BCUT2D eigenvalue weighted by molar-refractivity contribution is 7.11.